The van der Waals surface area contributed by atoms with Crippen LogP contribution in [0, 0.1) is 0 Å². The fourth-order valence-electron chi connectivity index (χ4n) is 2.91. The smallest absolute Gasteiger partial charge is 0.0369 e. The Morgan fingerprint density at radius 2 is 1.24 bits per heavy atom. The molecule has 1 aromatic carbocycles. The second kappa shape index (κ2) is 6.85. The van der Waals surface area contributed by atoms with E-state index in [9.17, 15) is 0 Å². The van der Waals surface area contributed by atoms with Crippen LogP contribution in [0.4, 0.5) is 5.69 Å². The summed E-state index contributed by atoms with van der Waals surface area (Å²) in [5.41, 5.74) is 4.73. The van der Waals surface area contributed by atoms with E-state index in [0.29, 0.717) is 0 Å². The van der Waals surface area contributed by atoms with Gasteiger partial charge in [-0.3, -0.25) is 0 Å². The van der Waals surface area contributed by atoms with Crippen LogP contribution in [0.3, 0.4) is 0 Å². The first-order valence-corrected chi connectivity index (χ1v) is 8.51. The third-order valence-corrected chi connectivity index (χ3v) is 3.97. The lowest BCUT2D eigenvalue weighted by Crippen LogP contribution is -2.27. The molecule has 1 nitrogen and oxygen atoms in total. The monoisotopic (exact) mass is 289 g/mol. The van der Waals surface area contributed by atoms with Crippen LogP contribution in [0.25, 0.3) is 0 Å². The van der Waals surface area contributed by atoms with Gasteiger partial charge in [-0.1, -0.05) is 61.5 Å². The highest BCUT2D eigenvalue weighted by molar-refractivity contribution is 5.54. The molecule has 1 aromatic rings. The van der Waals surface area contributed by atoms with Gasteiger partial charge < -0.3 is 4.90 Å². The van der Waals surface area contributed by atoms with Gasteiger partial charge in [-0.15, -0.1) is 0 Å². The molecule has 21 heavy (non-hydrogen) atoms. The normalized spacial score (nSPS) is 12.6. The van der Waals surface area contributed by atoms with Gasteiger partial charge in [0.1, 0.15) is 0 Å². The molecule has 0 heterocycles. The second-order valence-corrected chi connectivity index (χ2v) is 8.22. The lowest BCUT2D eigenvalue weighted by Gasteiger charge is -2.33. The fourth-order valence-corrected chi connectivity index (χ4v) is 2.91. The number of hydrogen-bond donors (Lipinski definition) is 0. The van der Waals surface area contributed by atoms with Crippen LogP contribution in [0.5, 0.6) is 0 Å². The first-order valence-electron chi connectivity index (χ1n) is 8.51. The van der Waals surface area contributed by atoms with Crippen LogP contribution in [-0.4, -0.2) is 13.1 Å². The van der Waals surface area contributed by atoms with Gasteiger partial charge in [-0.25, -0.2) is 0 Å². The molecule has 0 saturated carbocycles. The molecule has 0 fully saturated rings. The van der Waals surface area contributed by atoms with E-state index in [2.05, 4.69) is 78.5 Å². The van der Waals surface area contributed by atoms with E-state index in [0.717, 1.165) is 13.1 Å². The Hall–Kier alpha value is -0.980. The molecule has 0 N–H and O–H groups in total. The van der Waals surface area contributed by atoms with Gasteiger partial charge in [0.25, 0.3) is 0 Å². The number of benzene rings is 1. The summed E-state index contributed by atoms with van der Waals surface area (Å²) in [7, 11) is 0. The minimum Gasteiger partial charge on any atom is -0.372 e. The Bertz CT molecular complexity index is 440. The highest BCUT2D eigenvalue weighted by atomic mass is 15.1. The largest absolute Gasteiger partial charge is 0.372 e. The maximum Gasteiger partial charge on any atom is 0.0369 e. The highest BCUT2D eigenvalue weighted by Gasteiger charge is 2.25. The molecule has 0 aliphatic heterocycles. The van der Waals surface area contributed by atoms with Crippen molar-refractivity contribution in [2.75, 3.05) is 18.0 Å². The second-order valence-electron chi connectivity index (χ2n) is 8.22. The van der Waals surface area contributed by atoms with E-state index in [-0.39, 0.29) is 10.8 Å². The summed E-state index contributed by atoms with van der Waals surface area (Å²) in [4.78, 5) is 2.53. The number of hydrogen-bond acceptors (Lipinski definition) is 1. The summed E-state index contributed by atoms with van der Waals surface area (Å²) in [5, 5.41) is 0. The molecule has 0 spiro atoms. The molecule has 0 unspecified atom stereocenters. The molecule has 0 radical (unpaired) electrons. The Morgan fingerprint density at radius 3 is 1.62 bits per heavy atom. The van der Waals surface area contributed by atoms with Gasteiger partial charge in [0.05, 0.1) is 0 Å². The SMILES string of the molecule is CCCN(CCC)c1ccc(C(C)(C)C)c(C(C)(C)C)c1. The Balaban J connectivity index is 3.33. The molecule has 0 saturated heterocycles. The number of rotatable bonds is 5. The van der Waals surface area contributed by atoms with Crippen molar-refractivity contribution in [2.45, 2.75) is 79.1 Å². The summed E-state index contributed by atoms with van der Waals surface area (Å²) in [6.07, 6.45) is 2.40. The Morgan fingerprint density at radius 1 is 0.762 bits per heavy atom. The average Bonchev–Trinajstić information content (AvgIpc) is 2.36. The minimum absolute atomic E-state index is 0.183. The van der Waals surface area contributed by atoms with E-state index in [1.54, 1.807) is 0 Å². The third-order valence-electron chi connectivity index (χ3n) is 3.97. The predicted octanol–water partition coefficient (Wildman–Crippen LogP) is 5.91. The maximum atomic E-state index is 2.53. The first kappa shape index (κ1) is 18.1. The zero-order chi connectivity index (χ0) is 16.3. The topological polar surface area (TPSA) is 3.24 Å². The van der Waals surface area contributed by atoms with Gasteiger partial charge in [0, 0.05) is 18.8 Å². The van der Waals surface area contributed by atoms with Crippen molar-refractivity contribution in [3.05, 3.63) is 29.3 Å². The van der Waals surface area contributed by atoms with Crippen molar-refractivity contribution in [3.63, 3.8) is 0 Å². The Kier molecular flexibility index (Phi) is 5.90. The molecule has 1 heteroatoms. The molecule has 0 aliphatic rings. The lowest BCUT2D eigenvalue weighted by atomic mass is 9.75. The highest BCUT2D eigenvalue weighted by Crippen LogP contribution is 2.36. The van der Waals surface area contributed by atoms with Crippen molar-refractivity contribution < 1.29 is 0 Å². The molecule has 0 aliphatic carbocycles. The molecular formula is C20H35N. The van der Waals surface area contributed by atoms with Crippen molar-refractivity contribution in [1.82, 2.24) is 0 Å². The van der Waals surface area contributed by atoms with Crippen LogP contribution in [0.1, 0.15) is 79.4 Å². The van der Waals surface area contributed by atoms with Crippen molar-refractivity contribution in [3.8, 4) is 0 Å². The molecule has 0 aromatic heterocycles. The van der Waals surface area contributed by atoms with Gasteiger partial charge in [0.2, 0.25) is 0 Å². The van der Waals surface area contributed by atoms with E-state index in [1.807, 2.05) is 0 Å². The van der Waals surface area contributed by atoms with Gasteiger partial charge >= 0.3 is 0 Å². The first-order chi connectivity index (χ1) is 9.61. The maximum absolute atomic E-state index is 2.53. The summed E-state index contributed by atoms with van der Waals surface area (Å²) in [6, 6.07) is 7.11. The zero-order valence-electron chi connectivity index (χ0n) is 15.5. The van der Waals surface area contributed by atoms with Crippen molar-refractivity contribution in [2.24, 2.45) is 0 Å². The van der Waals surface area contributed by atoms with Crippen LogP contribution in [0.15, 0.2) is 18.2 Å². The van der Waals surface area contributed by atoms with E-state index < -0.39 is 0 Å². The van der Waals surface area contributed by atoms with Crippen LogP contribution >= 0.6 is 0 Å². The van der Waals surface area contributed by atoms with Crippen molar-refractivity contribution in [1.29, 1.82) is 0 Å². The Labute approximate surface area is 132 Å². The summed E-state index contributed by atoms with van der Waals surface area (Å²) >= 11 is 0. The van der Waals surface area contributed by atoms with Crippen LogP contribution in [0.2, 0.25) is 0 Å². The van der Waals surface area contributed by atoms with Crippen LogP contribution < -0.4 is 4.90 Å². The molecular weight excluding hydrogens is 254 g/mol. The zero-order valence-corrected chi connectivity index (χ0v) is 15.5. The number of anilines is 1. The number of nitrogens with zero attached hydrogens (tertiary/aromatic N) is 1. The predicted molar refractivity (Wildman–Crippen MR) is 96.6 cm³/mol. The molecule has 120 valence electrons. The van der Waals surface area contributed by atoms with Crippen molar-refractivity contribution >= 4 is 5.69 Å². The van der Waals surface area contributed by atoms with E-state index >= 15 is 0 Å². The fraction of sp³-hybridized carbons (Fsp3) is 0.700. The summed E-state index contributed by atoms with van der Waals surface area (Å²) in [5.74, 6) is 0. The summed E-state index contributed by atoms with van der Waals surface area (Å²) in [6.45, 7) is 20.7. The molecule has 0 bridgehead atoms. The van der Waals surface area contributed by atoms with E-state index in [1.165, 1.54) is 29.7 Å². The van der Waals surface area contributed by atoms with Crippen LogP contribution in [-0.2, 0) is 10.8 Å². The quantitative estimate of drug-likeness (QED) is 0.651. The van der Waals surface area contributed by atoms with Gasteiger partial charge in [0.15, 0.2) is 0 Å². The molecule has 0 amide bonds. The third kappa shape index (κ3) is 4.76. The van der Waals surface area contributed by atoms with E-state index in [4.69, 9.17) is 0 Å². The minimum atomic E-state index is 0.183. The standard InChI is InChI=1S/C20H35N/c1-9-13-21(14-10-2)16-11-12-17(19(3,4)5)18(15-16)20(6,7)8/h11-12,15H,9-10,13-14H2,1-8H3. The van der Waals surface area contributed by atoms with Gasteiger partial charge in [-0.2, -0.15) is 0 Å². The molecule has 0 atom stereocenters. The molecule has 1 rings (SSSR count). The lowest BCUT2D eigenvalue weighted by molar-refractivity contribution is 0.530. The average molecular weight is 290 g/mol. The van der Waals surface area contributed by atoms with Gasteiger partial charge in [-0.05, 0) is 46.9 Å². The summed E-state index contributed by atoms with van der Waals surface area (Å²) < 4.78 is 0.